The van der Waals surface area contributed by atoms with Gasteiger partial charge in [0.05, 0.1) is 11.4 Å². The van der Waals surface area contributed by atoms with E-state index in [1.807, 2.05) is 48.5 Å². The van der Waals surface area contributed by atoms with Crippen LogP contribution >= 0.6 is 0 Å². The molecule has 4 nitrogen and oxygen atoms in total. The Morgan fingerprint density at radius 2 is 0.931 bits per heavy atom. The van der Waals surface area contributed by atoms with Crippen molar-refractivity contribution in [3.05, 3.63) is 96.1 Å². The molecule has 4 aromatic carbocycles. The molecular formula is C24H18N2O2Zn. The predicted octanol–water partition coefficient (Wildman–Crippen LogP) is 5.75. The van der Waals surface area contributed by atoms with Crippen molar-refractivity contribution in [2.75, 3.05) is 0 Å². The van der Waals surface area contributed by atoms with E-state index in [1.54, 1.807) is 48.8 Å². The van der Waals surface area contributed by atoms with Gasteiger partial charge < -0.3 is 10.2 Å². The Balaban J connectivity index is 0.00000240. The van der Waals surface area contributed by atoms with Crippen molar-refractivity contribution in [1.82, 2.24) is 0 Å². The van der Waals surface area contributed by atoms with Gasteiger partial charge >= 0.3 is 0 Å². The number of nitrogens with zero attached hydrogens (tertiary/aromatic N) is 2. The summed E-state index contributed by atoms with van der Waals surface area (Å²) >= 11 is 0. The molecule has 0 aliphatic rings. The van der Waals surface area contributed by atoms with Gasteiger partial charge in [-0.1, -0.05) is 48.5 Å². The minimum atomic E-state index is 0. The summed E-state index contributed by atoms with van der Waals surface area (Å²) in [7, 11) is 0. The van der Waals surface area contributed by atoms with Crippen molar-refractivity contribution >= 4 is 34.6 Å². The van der Waals surface area contributed by atoms with Gasteiger partial charge in [0.15, 0.2) is 0 Å². The van der Waals surface area contributed by atoms with E-state index in [4.69, 9.17) is 0 Å². The molecule has 0 spiro atoms. The van der Waals surface area contributed by atoms with E-state index in [0.717, 1.165) is 10.8 Å². The summed E-state index contributed by atoms with van der Waals surface area (Å²) < 4.78 is 0. The second-order valence-corrected chi connectivity index (χ2v) is 6.32. The topological polar surface area (TPSA) is 65.2 Å². The maximum atomic E-state index is 9.96. The Bertz CT molecular complexity index is 1110. The molecule has 0 atom stereocenters. The number of para-hydroxylation sites is 2. The molecule has 5 heteroatoms. The largest absolute Gasteiger partial charge is 0.507 e. The van der Waals surface area contributed by atoms with E-state index < -0.39 is 0 Å². The summed E-state index contributed by atoms with van der Waals surface area (Å²) in [5, 5.41) is 22.0. The van der Waals surface area contributed by atoms with Crippen LogP contribution in [0.4, 0.5) is 11.4 Å². The van der Waals surface area contributed by atoms with Gasteiger partial charge in [0.25, 0.3) is 0 Å². The van der Waals surface area contributed by atoms with Crippen molar-refractivity contribution in [3.63, 3.8) is 0 Å². The van der Waals surface area contributed by atoms with E-state index in [2.05, 4.69) is 9.98 Å². The summed E-state index contributed by atoms with van der Waals surface area (Å²) in [4.78, 5) is 9.12. The van der Waals surface area contributed by atoms with Crippen LogP contribution in [-0.2, 0) is 19.5 Å². The molecule has 138 valence electrons. The number of hydrogen-bond acceptors (Lipinski definition) is 4. The second-order valence-electron chi connectivity index (χ2n) is 6.32. The first kappa shape index (κ1) is 20.4. The van der Waals surface area contributed by atoms with Crippen LogP contribution in [0.25, 0.3) is 10.8 Å². The van der Waals surface area contributed by atoms with Crippen LogP contribution in [0.3, 0.4) is 0 Å². The van der Waals surface area contributed by atoms with Gasteiger partial charge in [-0.3, -0.25) is 9.98 Å². The number of rotatable bonds is 4. The number of phenolic OH excluding ortho intramolecular Hbond substituents is 2. The minimum absolute atomic E-state index is 0. The zero-order valence-corrected chi connectivity index (χ0v) is 18.7. The maximum Gasteiger partial charge on any atom is 0.124 e. The number of hydrogen-bond donors (Lipinski definition) is 2. The molecule has 0 aliphatic carbocycles. The zero-order valence-electron chi connectivity index (χ0n) is 15.7. The van der Waals surface area contributed by atoms with Gasteiger partial charge in [-0.05, 0) is 47.2 Å². The van der Waals surface area contributed by atoms with Crippen LogP contribution in [0, 0.1) is 0 Å². The third-order valence-electron chi connectivity index (χ3n) is 4.40. The third kappa shape index (κ3) is 4.76. The van der Waals surface area contributed by atoms with Crippen molar-refractivity contribution in [2.24, 2.45) is 9.98 Å². The first-order chi connectivity index (χ1) is 13.7. The van der Waals surface area contributed by atoms with E-state index >= 15 is 0 Å². The normalized spacial score (nSPS) is 11.2. The maximum absolute atomic E-state index is 9.96. The van der Waals surface area contributed by atoms with Gasteiger partial charge in [-0.2, -0.15) is 0 Å². The summed E-state index contributed by atoms with van der Waals surface area (Å²) in [6.07, 6.45) is 3.25. The Labute approximate surface area is 181 Å². The van der Waals surface area contributed by atoms with Crippen molar-refractivity contribution in [2.45, 2.75) is 0 Å². The van der Waals surface area contributed by atoms with Crippen molar-refractivity contribution in [1.29, 1.82) is 0 Å². The molecule has 0 aromatic heterocycles. The predicted molar refractivity (Wildman–Crippen MR) is 115 cm³/mol. The summed E-state index contributed by atoms with van der Waals surface area (Å²) in [5.74, 6) is 0.345. The monoisotopic (exact) mass is 430 g/mol. The SMILES string of the molecule is Oc1ccccc1C=Nc1cc2ccccc2cc1N=Cc1ccccc1O.[Zn]. The standard InChI is InChI=1S/C24H18N2O2.Zn/c27-23-11-5-3-9-19(23)15-25-21-13-17-7-1-2-8-18(17)14-22(21)26-16-20-10-4-6-12-24(20)28;/h1-16,27-28H;. The average Bonchev–Trinajstić information content (AvgIpc) is 2.72. The van der Waals surface area contributed by atoms with E-state index in [1.165, 1.54) is 0 Å². The quantitative estimate of drug-likeness (QED) is 0.319. The molecule has 29 heavy (non-hydrogen) atoms. The Kier molecular flexibility index (Phi) is 6.53. The van der Waals surface area contributed by atoms with Crippen LogP contribution in [-0.4, -0.2) is 22.6 Å². The van der Waals surface area contributed by atoms with E-state index in [9.17, 15) is 10.2 Å². The molecule has 0 radical (unpaired) electrons. The van der Waals surface area contributed by atoms with Crippen LogP contribution in [0.15, 0.2) is 94.9 Å². The molecule has 0 saturated carbocycles. The van der Waals surface area contributed by atoms with Crippen LogP contribution in [0.1, 0.15) is 11.1 Å². The van der Waals surface area contributed by atoms with Gasteiger partial charge in [-0.15, -0.1) is 0 Å². The zero-order chi connectivity index (χ0) is 19.3. The first-order valence-electron chi connectivity index (χ1n) is 8.87. The Morgan fingerprint density at radius 1 is 0.552 bits per heavy atom. The summed E-state index contributed by atoms with van der Waals surface area (Å²) in [6.45, 7) is 0. The molecule has 0 aliphatic heterocycles. The van der Waals surface area contributed by atoms with Crippen LogP contribution < -0.4 is 0 Å². The van der Waals surface area contributed by atoms with Crippen LogP contribution in [0.5, 0.6) is 11.5 Å². The Morgan fingerprint density at radius 3 is 1.34 bits per heavy atom. The molecule has 2 N–H and O–H groups in total. The van der Waals surface area contributed by atoms with E-state index in [-0.39, 0.29) is 31.0 Å². The molecule has 0 fully saturated rings. The van der Waals surface area contributed by atoms with Gasteiger partial charge in [0.1, 0.15) is 11.5 Å². The number of phenols is 2. The fourth-order valence-corrected chi connectivity index (χ4v) is 2.89. The minimum Gasteiger partial charge on any atom is -0.507 e. The molecule has 0 saturated heterocycles. The molecule has 0 bridgehead atoms. The number of aliphatic imine (C=N–C) groups is 2. The molecular weight excluding hydrogens is 414 g/mol. The molecule has 4 aromatic rings. The molecule has 0 unspecified atom stereocenters. The van der Waals surface area contributed by atoms with Gasteiger partial charge in [-0.25, -0.2) is 0 Å². The van der Waals surface area contributed by atoms with Gasteiger partial charge in [0.2, 0.25) is 0 Å². The van der Waals surface area contributed by atoms with Crippen molar-refractivity contribution < 1.29 is 29.7 Å². The number of fused-ring (bicyclic) bond motifs is 1. The fourth-order valence-electron chi connectivity index (χ4n) is 2.89. The molecule has 0 heterocycles. The molecule has 0 amide bonds. The first-order valence-corrected chi connectivity index (χ1v) is 8.87. The number of benzene rings is 4. The fraction of sp³-hybridized carbons (Fsp3) is 0. The Hall–Kier alpha value is -3.30. The number of aromatic hydroxyl groups is 2. The molecule has 4 rings (SSSR count). The average molecular weight is 432 g/mol. The van der Waals surface area contributed by atoms with Crippen molar-refractivity contribution in [3.8, 4) is 11.5 Å². The van der Waals surface area contributed by atoms with Crippen LogP contribution in [0.2, 0.25) is 0 Å². The second kappa shape index (κ2) is 9.27. The van der Waals surface area contributed by atoms with Gasteiger partial charge in [0, 0.05) is 43.0 Å². The smallest absolute Gasteiger partial charge is 0.124 e. The summed E-state index contributed by atoms with van der Waals surface area (Å²) in [5.41, 5.74) is 2.61. The summed E-state index contributed by atoms with van der Waals surface area (Å²) in [6, 6.07) is 26.0. The third-order valence-corrected chi connectivity index (χ3v) is 4.40. The van der Waals surface area contributed by atoms with E-state index in [0.29, 0.717) is 22.5 Å².